The first-order valence-electron chi connectivity index (χ1n) is 7.65. The Morgan fingerprint density at radius 1 is 0.950 bits per heavy atom. The lowest BCUT2D eigenvalue weighted by atomic mass is 9.97. The van der Waals surface area contributed by atoms with Crippen LogP contribution in [-0.4, -0.2) is 11.0 Å². The molecular formula is C16H22NO3-. The molecule has 1 N–H and O–H groups in total. The van der Waals surface area contributed by atoms with Crippen LogP contribution in [-0.2, 0) is 12.8 Å². The molecule has 0 bridgehead atoms. The van der Waals surface area contributed by atoms with Gasteiger partial charge in [0.05, 0.1) is 11.5 Å². The Kier molecular flexibility index (Phi) is 5.39. The summed E-state index contributed by atoms with van der Waals surface area (Å²) in [6, 6.07) is 1.52. The molecule has 0 unspecified atom stereocenters. The van der Waals surface area contributed by atoms with E-state index in [4.69, 9.17) is 0 Å². The highest BCUT2D eigenvalue weighted by molar-refractivity contribution is 5.85. The molecule has 0 aromatic carbocycles. The van der Waals surface area contributed by atoms with Crippen LogP contribution in [0, 0.1) is 0 Å². The fourth-order valence-electron chi connectivity index (χ4n) is 2.89. The predicted octanol–water partition coefficient (Wildman–Crippen LogP) is 1.96. The quantitative estimate of drug-likeness (QED) is 0.852. The van der Waals surface area contributed by atoms with Gasteiger partial charge in [0.15, 0.2) is 0 Å². The lowest BCUT2D eigenvalue weighted by Crippen LogP contribution is -2.31. The Hall–Kier alpha value is -1.58. The first-order valence-corrected chi connectivity index (χ1v) is 7.65. The summed E-state index contributed by atoms with van der Waals surface area (Å²) in [5.41, 5.74) is 1.12. The molecule has 20 heavy (non-hydrogen) atoms. The molecule has 1 aliphatic rings. The zero-order chi connectivity index (χ0) is 14.4. The van der Waals surface area contributed by atoms with Crippen LogP contribution in [0.5, 0.6) is 0 Å². The Morgan fingerprint density at radius 2 is 1.50 bits per heavy atom. The van der Waals surface area contributed by atoms with Gasteiger partial charge in [-0.2, -0.15) is 0 Å². The third-order valence-electron chi connectivity index (χ3n) is 4.06. The molecular weight excluding hydrogens is 254 g/mol. The number of aromatic carboxylic acids is 1. The number of aromatic nitrogens is 1. The summed E-state index contributed by atoms with van der Waals surface area (Å²) in [4.78, 5) is 25.4. The minimum Gasteiger partial charge on any atom is -0.545 e. The van der Waals surface area contributed by atoms with Gasteiger partial charge in [-0.3, -0.25) is 4.79 Å². The summed E-state index contributed by atoms with van der Waals surface area (Å²) in [5, 5.41) is 11.0. The third-order valence-corrected chi connectivity index (χ3v) is 4.06. The number of carbonyl (C=O) groups is 1. The van der Waals surface area contributed by atoms with E-state index in [9.17, 15) is 14.7 Å². The van der Waals surface area contributed by atoms with E-state index in [0.29, 0.717) is 0 Å². The second-order valence-electron chi connectivity index (χ2n) is 5.63. The van der Waals surface area contributed by atoms with Crippen LogP contribution in [0.15, 0.2) is 10.9 Å². The number of fused-ring (bicyclic) bond motifs is 1. The van der Waals surface area contributed by atoms with Crippen molar-refractivity contribution in [3.05, 3.63) is 33.2 Å². The highest BCUT2D eigenvalue weighted by Crippen LogP contribution is 2.17. The number of carboxylic acids is 1. The number of carboxylic acid groups (broad SMARTS) is 1. The molecule has 4 heteroatoms. The van der Waals surface area contributed by atoms with Gasteiger partial charge in [-0.25, -0.2) is 0 Å². The summed E-state index contributed by atoms with van der Waals surface area (Å²) in [5.74, 6) is -1.39. The number of aromatic amines is 1. The average molecular weight is 276 g/mol. The summed E-state index contributed by atoms with van der Waals surface area (Å²) in [6.07, 6.45) is 11.2. The van der Waals surface area contributed by atoms with Crippen molar-refractivity contribution in [2.45, 2.75) is 64.2 Å². The molecule has 2 rings (SSSR count). The lowest BCUT2D eigenvalue weighted by molar-refractivity contribution is -0.255. The second-order valence-corrected chi connectivity index (χ2v) is 5.63. The smallest absolute Gasteiger partial charge is 0.257 e. The number of pyridine rings is 1. The first-order chi connectivity index (χ1) is 9.68. The minimum absolute atomic E-state index is 0.240. The molecule has 0 fully saturated rings. The predicted molar refractivity (Wildman–Crippen MR) is 75.7 cm³/mol. The van der Waals surface area contributed by atoms with E-state index in [0.717, 1.165) is 36.9 Å². The van der Waals surface area contributed by atoms with Crippen LogP contribution >= 0.6 is 0 Å². The highest BCUT2D eigenvalue weighted by Gasteiger charge is 2.10. The Bertz CT molecular complexity index is 519. The maximum absolute atomic E-state index is 11.7. The number of hydrogen-bond acceptors (Lipinski definition) is 3. The van der Waals surface area contributed by atoms with Crippen molar-refractivity contribution in [1.29, 1.82) is 0 Å². The second kappa shape index (κ2) is 7.27. The average Bonchev–Trinajstić information content (AvgIpc) is 2.40. The van der Waals surface area contributed by atoms with Crippen LogP contribution in [0.1, 0.15) is 73.0 Å². The van der Waals surface area contributed by atoms with E-state index in [-0.39, 0.29) is 5.56 Å². The number of H-pyrrole nitrogens is 1. The Morgan fingerprint density at radius 3 is 2.10 bits per heavy atom. The molecule has 4 nitrogen and oxygen atoms in total. The van der Waals surface area contributed by atoms with E-state index in [2.05, 4.69) is 4.98 Å². The fourth-order valence-corrected chi connectivity index (χ4v) is 2.89. The fraction of sp³-hybridized carbons (Fsp3) is 0.625. The molecule has 0 atom stereocenters. The van der Waals surface area contributed by atoms with E-state index in [1.165, 1.54) is 44.6 Å². The summed E-state index contributed by atoms with van der Waals surface area (Å²) in [7, 11) is 0. The van der Waals surface area contributed by atoms with E-state index in [1.54, 1.807) is 0 Å². The molecule has 0 saturated carbocycles. The van der Waals surface area contributed by atoms with Crippen LogP contribution in [0.4, 0.5) is 0 Å². The normalized spacial score (nSPS) is 17.6. The molecule has 1 aromatic rings. The van der Waals surface area contributed by atoms with Crippen molar-refractivity contribution in [3.63, 3.8) is 0 Å². The Balaban J connectivity index is 2.24. The summed E-state index contributed by atoms with van der Waals surface area (Å²) < 4.78 is 0. The van der Waals surface area contributed by atoms with Crippen molar-refractivity contribution in [2.24, 2.45) is 0 Å². The summed E-state index contributed by atoms with van der Waals surface area (Å²) >= 11 is 0. The van der Waals surface area contributed by atoms with Gasteiger partial charge in [-0.15, -0.1) is 0 Å². The molecule has 0 radical (unpaired) electrons. The molecule has 0 aliphatic heterocycles. The van der Waals surface area contributed by atoms with Crippen LogP contribution in [0.25, 0.3) is 0 Å². The first kappa shape index (κ1) is 14.8. The van der Waals surface area contributed by atoms with Gasteiger partial charge in [-0.05, 0) is 37.3 Å². The maximum Gasteiger partial charge on any atom is 0.257 e. The molecule has 110 valence electrons. The molecule has 0 spiro atoms. The SMILES string of the molecule is O=C([O-])c1cc2c([nH]c1=O)CCCCCCCCCC2. The van der Waals surface area contributed by atoms with Gasteiger partial charge in [-0.1, -0.05) is 38.5 Å². The number of carbonyl (C=O) groups excluding carboxylic acids is 1. The minimum atomic E-state index is -1.39. The van der Waals surface area contributed by atoms with Crippen LogP contribution in [0.2, 0.25) is 0 Å². The maximum atomic E-state index is 11.7. The third kappa shape index (κ3) is 3.95. The number of aryl methyl sites for hydroxylation is 2. The monoisotopic (exact) mass is 276 g/mol. The molecule has 0 saturated heterocycles. The number of nitrogens with one attached hydrogen (secondary N) is 1. The van der Waals surface area contributed by atoms with Crippen LogP contribution < -0.4 is 10.7 Å². The zero-order valence-corrected chi connectivity index (χ0v) is 11.9. The topological polar surface area (TPSA) is 73.0 Å². The van der Waals surface area contributed by atoms with Gasteiger partial charge in [0, 0.05) is 5.69 Å². The summed E-state index contributed by atoms with van der Waals surface area (Å²) in [6.45, 7) is 0. The van der Waals surface area contributed by atoms with Crippen molar-refractivity contribution in [3.8, 4) is 0 Å². The van der Waals surface area contributed by atoms with Gasteiger partial charge in [0.25, 0.3) is 5.56 Å². The van der Waals surface area contributed by atoms with Crippen molar-refractivity contribution < 1.29 is 9.90 Å². The number of hydrogen-bond donors (Lipinski definition) is 1. The highest BCUT2D eigenvalue weighted by atomic mass is 16.4. The number of rotatable bonds is 1. The van der Waals surface area contributed by atoms with Gasteiger partial charge < -0.3 is 14.9 Å². The van der Waals surface area contributed by atoms with Gasteiger partial charge in [0.2, 0.25) is 0 Å². The van der Waals surface area contributed by atoms with E-state index >= 15 is 0 Å². The largest absolute Gasteiger partial charge is 0.545 e. The lowest BCUT2D eigenvalue weighted by Gasteiger charge is -2.13. The zero-order valence-electron chi connectivity index (χ0n) is 11.9. The van der Waals surface area contributed by atoms with Crippen molar-refractivity contribution >= 4 is 5.97 Å². The molecule has 1 aromatic heterocycles. The standard InChI is InChI=1S/C16H23NO3/c18-15-13(16(19)20)11-12-9-7-5-3-1-2-4-6-8-10-14(12)17-15/h11H,1-10H2,(H,17,18)(H,19,20)/p-1. The van der Waals surface area contributed by atoms with E-state index in [1.807, 2.05) is 0 Å². The molecule has 1 aliphatic carbocycles. The Labute approximate surface area is 119 Å². The van der Waals surface area contributed by atoms with Crippen molar-refractivity contribution in [2.75, 3.05) is 0 Å². The molecule has 0 amide bonds. The van der Waals surface area contributed by atoms with Crippen molar-refractivity contribution in [1.82, 2.24) is 4.98 Å². The van der Waals surface area contributed by atoms with Gasteiger partial charge >= 0.3 is 0 Å². The van der Waals surface area contributed by atoms with Crippen LogP contribution in [0.3, 0.4) is 0 Å². The van der Waals surface area contributed by atoms with Gasteiger partial charge in [0.1, 0.15) is 0 Å². The van der Waals surface area contributed by atoms with E-state index < -0.39 is 11.5 Å². The molecule has 1 heterocycles.